The number of thiazole rings is 1. The molecule has 164 valence electrons. The Balaban J connectivity index is 1.50. The summed E-state index contributed by atoms with van der Waals surface area (Å²) in [7, 11) is -3.56. The van der Waals surface area contributed by atoms with Gasteiger partial charge < -0.3 is 4.90 Å². The van der Waals surface area contributed by atoms with E-state index in [4.69, 9.17) is 11.6 Å². The number of rotatable bonds is 4. The first-order valence-electron chi connectivity index (χ1n) is 9.90. The van der Waals surface area contributed by atoms with Gasteiger partial charge in [0.05, 0.1) is 10.6 Å². The summed E-state index contributed by atoms with van der Waals surface area (Å²) in [6, 6.07) is 8.16. The van der Waals surface area contributed by atoms with Gasteiger partial charge in [-0.3, -0.25) is 0 Å². The third-order valence-electron chi connectivity index (χ3n) is 5.36. The Morgan fingerprint density at radius 2 is 1.65 bits per heavy atom. The number of hydrogen-bond donors (Lipinski definition) is 0. The Kier molecular flexibility index (Phi) is 6.09. The van der Waals surface area contributed by atoms with Crippen molar-refractivity contribution in [1.82, 2.24) is 9.29 Å². The van der Waals surface area contributed by atoms with Gasteiger partial charge in [-0.1, -0.05) is 29.3 Å². The second-order valence-electron chi connectivity index (χ2n) is 7.79. The van der Waals surface area contributed by atoms with E-state index in [2.05, 4.69) is 9.88 Å². The number of aromatic nitrogens is 1. The van der Waals surface area contributed by atoms with Gasteiger partial charge in [-0.05, 0) is 50.1 Å². The standard InChI is InChI=1S/C22H23ClFN3O2S2/c1-14-8-15(2)21(16(3)9-14)31(28,29)27-6-4-26(5-7-27)22-25-20(13-30-22)17-10-18(23)12-19(24)11-17/h8-13H,4-7H2,1-3H3. The summed E-state index contributed by atoms with van der Waals surface area (Å²) in [5.41, 5.74) is 3.89. The van der Waals surface area contributed by atoms with Crippen LogP contribution in [0.4, 0.5) is 9.52 Å². The number of halogens is 2. The summed E-state index contributed by atoms with van der Waals surface area (Å²) in [6.45, 7) is 7.51. The second-order valence-corrected chi connectivity index (χ2v) is 10.9. The molecule has 0 radical (unpaired) electrons. The van der Waals surface area contributed by atoms with E-state index in [1.807, 2.05) is 38.3 Å². The van der Waals surface area contributed by atoms with Crippen LogP contribution in [0.15, 0.2) is 40.6 Å². The van der Waals surface area contributed by atoms with Crippen LogP contribution in [-0.4, -0.2) is 43.9 Å². The molecule has 1 aliphatic heterocycles. The maximum Gasteiger partial charge on any atom is 0.243 e. The number of hydrogen-bond acceptors (Lipinski definition) is 5. The van der Waals surface area contributed by atoms with E-state index >= 15 is 0 Å². The van der Waals surface area contributed by atoms with Gasteiger partial charge in [-0.2, -0.15) is 4.31 Å². The Morgan fingerprint density at radius 1 is 1.00 bits per heavy atom. The van der Waals surface area contributed by atoms with Crippen molar-refractivity contribution < 1.29 is 12.8 Å². The zero-order valence-corrected chi connectivity index (χ0v) is 19.9. The molecule has 3 aromatic rings. The lowest BCUT2D eigenvalue weighted by atomic mass is 10.1. The van der Waals surface area contributed by atoms with Crippen LogP contribution in [0.25, 0.3) is 11.3 Å². The van der Waals surface area contributed by atoms with Gasteiger partial charge in [0.25, 0.3) is 0 Å². The van der Waals surface area contributed by atoms with Crippen molar-refractivity contribution in [3.63, 3.8) is 0 Å². The Morgan fingerprint density at radius 3 is 2.26 bits per heavy atom. The molecule has 1 aliphatic rings. The first kappa shape index (κ1) is 22.2. The van der Waals surface area contributed by atoms with Gasteiger partial charge in [0.1, 0.15) is 5.82 Å². The molecule has 0 bridgehead atoms. The normalized spacial score (nSPS) is 15.5. The molecule has 1 aromatic heterocycles. The van der Waals surface area contributed by atoms with Gasteiger partial charge in [0.15, 0.2) is 5.13 Å². The van der Waals surface area contributed by atoms with Gasteiger partial charge in [-0.25, -0.2) is 17.8 Å². The van der Waals surface area contributed by atoms with Gasteiger partial charge in [0.2, 0.25) is 10.0 Å². The molecule has 0 unspecified atom stereocenters. The lowest BCUT2D eigenvalue weighted by molar-refractivity contribution is 0.384. The summed E-state index contributed by atoms with van der Waals surface area (Å²) in [5.74, 6) is -0.405. The lowest BCUT2D eigenvalue weighted by Crippen LogP contribution is -2.48. The maximum absolute atomic E-state index is 13.7. The second kappa shape index (κ2) is 8.50. The fraction of sp³-hybridized carbons (Fsp3) is 0.318. The highest BCUT2D eigenvalue weighted by Gasteiger charge is 2.31. The number of aryl methyl sites for hydroxylation is 3. The van der Waals surface area contributed by atoms with Crippen LogP contribution in [0.1, 0.15) is 16.7 Å². The SMILES string of the molecule is Cc1cc(C)c(S(=O)(=O)N2CCN(c3nc(-c4cc(F)cc(Cl)c4)cs3)CC2)c(C)c1. The number of benzene rings is 2. The summed E-state index contributed by atoms with van der Waals surface area (Å²) >= 11 is 7.41. The predicted octanol–water partition coefficient (Wildman–Crippen LogP) is 5.04. The highest BCUT2D eigenvalue weighted by atomic mass is 35.5. The smallest absolute Gasteiger partial charge is 0.243 e. The third kappa shape index (κ3) is 4.48. The number of nitrogens with zero attached hydrogens (tertiary/aromatic N) is 3. The molecule has 0 N–H and O–H groups in total. The number of piperazine rings is 1. The quantitative estimate of drug-likeness (QED) is 0.526. The van der Waals surface area contributed by atoms with Crippen molar-refractivity contribution >= 4 is 38.1 Å². The topological polar surface area (TPSA) is 53.5 Å². The molecule has 0 amide bonds. The van der Waals surface area contributed by atoms with E-state index in [-0.39, 0.29) is 0 Å². The minimum absolute atomic E-state index is 0.324. The van der Waals surface area contributed by atoms with Crippen LogP contribution >= 0.6 is 22.9 Å². The van der Waals surface area contributed by atoms with Crippen LogP contribution in [-0.2, 0) is 10.0 Å². The van der Waals surface area contributed by atoms with E-state index in [0.717, 1.165) is 21.8 Å². The molecule has 0 atom stereocenters. The molecule has 2 aromatic carbocycles. The van der Waals surface area contributed by atoms with Gasteiger partial charge in [-0.15, -0.1) is 11.3 Å². The maximum atomic E-state index is 13.7. The van der Waals surface area contributed by atoms with Crippen LogP contribution in [0.5, 0.6) is 0 Å². The monoisotopic (exact) mass is 479 g/mol. The fourth-order valence-corrected chi connectivity index (χ4v) is 7.01. The third-order valence-corrected chi connectivity index (χ3v) is 8.69. The highest BCUT2D eigenvalue weighted by Crippen LogP contribution is 2.31. The molecule has 0 aliphatic carbocycles. The van der Waals surface area contributed by atoms with E-state index in [1.54, 1.807) is 10.4 Å². The molecule has 1 fully saturated rings. The zero-order chi connectivity index (χ0) is 22.3. The Labute approximate surface area is 191 Å². The minimum atomic E-state index is -3.56. The average molecular weight is 480 g/mol. The van der Waals surface area contributed by atoms with Crippen molar-refractivity contribution in [1.29, 1.82) is 0 Å². The van der Waals surface area contributed by atoms with E-state index in [0.29, 0.717) is 47.4 Å². The predicted molar refractivity (Wildman–Crippen MR) is 124 cm³/mol. The number of sulfonamides is 1. The summed E-state index contributed by atoms with van der Waals surface area (Å²) < 4.78 is 41.8. The molecular formula is C22H23ClFN3O2S2. The number of anilines is 1. The van der Waals surface area contributed by atoms with Crippen molar-refractivity contribution in [2.45, 2.75) is 25.7 Å². The van der Waals surface area contributed by atoms with E-state index < -0.39 is 15.8 Å². The molecule has 5 nitrogen and oxygen atoms in total. The summed E-state index contributed by atoms with van der Waals surface area (Å²) in [5, 5.41) is 2.97. The molecule has 0 spiro atoms. The van der Waals surface area contributed by atoms with Crippen molar-refractivity contribution in [2.75, 3.05) is 31.1 Å². The molecular weight excluding hydrogens is 457 g/mol. The van der Waals surface area contributed by atoms with Crippen molar-refractivity contribution in [3.05, 3.63) is 63.2 Å². The molecule has 0 saturated carbocycles. The van der Waals surface area contributed by atoms with Gasteiger partial charge >= 0.3 is 0 Å². The zero-order valence-electron chi connectivity index (χ0n) is 17.5. The van der Waals surface area contributed by atoms with Crippen LogP contribution in [0.3, 0.4) is 0 Å². The van der Waals surface area contributed by atoms with E-state index in [9.17, 15) is 12.8 Å². The first-order valence-corrected chi connectivity index (χ1v) is 12.6. The summed E-state index contributed by atoms with van der Waals surface area (Å²) in [6.07, 6.45) is 0. The molecule has 2 heterocycles. The largest absolute Gasteiger partial charge is 0.345 e. The molecule has 4 rings (SSSR count). The average Bonchev–Trinajstić information content (AvgIpc) is 3.16. The minimum Gasteiger partial charge on any atom is -0.345 e. The first-order chi connectivity index (χ1) is 14.6. The van der Waals surface area contributed by atoms with E-state index in [1.165, 1.54) is 23.5 Å². The fourth-order valence-electron chi connectivity index (χ4n) is 4.07. The summed E-state index contributed by atoms with van der Waals surface area (Å²) in [4.78, 5) is 7.09. The Hall–Kier alpha value is -2.00. The molecule has 9 heteroatoms. The van der Waals surface area contributed by atoms with Crippen LogP contribution in [0, 0.1) is 26.6 Å². The highest BCUT2D eigenvalue weighted by molar-refractivity contribution is 7.89. The van der Waals surface area contributed by atoms with Crippen LogP contribution in [0.2, 0.25) is 5.02 Å². The van der Waals surface area contributed by atoms with Gasteiger partial charge in [0, 0.05) is 42.1 Å². The Bertz CT molecular complexity index is 1190. The van der Waals surface area contributed by atoms with Crippen LogP contribution < -0.4 is 4.90 Å². The van der Waals surface area contributed by atoms with Crippen molar-refractivity contribution in [2.24, 2.45) is 0 Å². The molecule has 1 saturated heterocycles. The van der Waals surface area contributed by atoms with Crippen molar-refractivity contribution in [3.8, 4) is 11.3 Å². The molecule has 31 heavy (non-hydrogen) atoms. The lowest BCUT2D eigenvalue weighted by Gasteiger charge is -2.34.